The van der Waals surface area contributed by atoms with E-state index in [-0.39, 0.29) is 28.8 Å². The number of amidine groups is 1. The van der Waals surface area contributed by atoms with Gasteiger partial charge < -0.3 is 15.1 Å². The Kier molecular flexibility index (Phi) is 3.38. The first-order valence-corrected chi connectivity index (χ1v) is 8.70. The van der Waals surface area contributed by atoms with Gasteiger partial charge in [0, 0.05) is 12.4 Å². The fourth-order valence-electron chi connectivity index (χ4n) is 3.87. The Bertz CT molecular complexity index is 1180. The van der Waals surface area contributed by atoms with E-state index in [4.69, 9.17) is 0 Å². The molecule has 3 N–H and O–H groups in total. The molecule has 27 heavy (non-hydrogen) atoms. The van der Waals surface area contributed by atoms with Gasteiger partial charge in [0.05, 0.1) is 23.2 Å². The van der Waals surface area contributed by atoms with E-state index in [1.807, 2.05) is 48.5 Å². The molecule has 1 aromatic heterocycles. The number of benzene rings is 2. The molecule has 3 aromatic rings. The molecule has 7 heteroatoms. The molecule has 0 unspecified atom stereocenters. The standard InChI is InChI=1S/C20H17N5O2/c1-25-13-10-6-5-9-12(13)18(26)15(20(25)27)17-14-16(11-7-3-2-4-8-11)21-23-19(14)24-22-17/h2-10,14,16,21,26H,1H3,(H,23,24)/t14-,16+/m1/s1. The maximum atomic E-state index is 13.1. The molecule has 1 saturated heterocycles. The van der Waals surface area contributed by atoms with Gasteiger partial charge in [-0.05, 0) is 17.7 Å². The third-order valence-corrected chi connectivity index (χ3v) is 5.23. The molecule has 0 bridgehead atoms. The summed E-state index contributed by atoms with van der Waals surface area (Å²) in [5, 5.41) is 20.0. The first kappa shape index (κ1) is 15.8. The summed E-state index contributed by atoms with van der Waals surface area (Å²) in [5.74, 6) is 0.322. The van der Waals surface area contributed by atoms with Gasteiger partial charge >= 0.3 is 0 Å². The van der Waals surface area contributed by atoms with Gasteiger partial charge in [0.2, 0.25) is 0 Å². The molecular formula is C20H17N5O2. The fraction of sp³-hybridized carbons (Fsp3) is 0.150. The Morgan fingerprint density at radius 3 is 2.59 bits per heavy atom. The van der Waals surface area contributed by atoms with Crippen LogP contribution in [0.5, 0.6) is 5.75 Å². The zero-order chi connectivity index (χ0) is 18.5. The van der Waals surface area contributed by atoms with Crippen molar-refractivity contribution in [2.24, 2.45) is 23.2 Å². The molecule has 3 heterocycles. The van der Waals surface area contributed by atoms with Crippen LogP contribution in [-0.2, 0) is 7.05 Å². The van der Waals surface area contributed by atoms with Gasteiger partial charge in [0.25, 0.3) is 5.56 Å². The molecule has 134 valence electrons. The lowest BCUT2D eigenvalue weighted by Gasteiger charge is -2.19. The van der Waals surface area contributed by atoms with Crippen molar-refractivity contribution < 1.29 is 5.11 Å². The van der Waals surface area contributed by atoms with Gasteiger partial charge in [-0.25, -0.2) is 5.43 Å². The first-order valence-electron chi connectivity index (χ1n) is 8.70. The second-order valence-electron chi connectivity index (χ2n) is 6.71. The van der Waals surface area contributed by atoms with Crippen LogP contribution in [0.25, 0.3) is 10.9 Å². The average Bonchev–Trinajstić information content (AvgIpc) is 3.30. The molecular weight excluding hydrogens is 342 g/mol. The number of fused-ring (bicyclic) bond motifs is 2. The predicted molar refractivity (Wildman–Crippen MR) is 104 cm³/mol. The second kappa shape index (κ2) is 5.78. The van der Waals surface area contributed by atoms with Gasteiger partial charge in [-0.1, -0.05) is 42.5 Å². The molecule has 0 saturated carbocycles. The van der Waals surface area contributed by atoms with Crippen molar-refractivity contribution in [2.75, 3.05) is 0 Å². The number of rotatable bonds is 2. The van der Waals surface area contributed by atoms with E-state index in [2.05, 4.69) is 21.1 Å². The number of para-hydroxylation sites is 1. The smallest absolute Gasteiger partial charge is 0.263 e. The molecule has 2 aliphatic rings. The van der Waals surface area contributed by atoms with Gasteiger partial charge in [-0.15, -0.1) is 5.10 Å². The normalized spacial score (nSPS) is 20.9. The van der Waals surface area contributed by atoms with E-state index >= 15 is 0 Å². The van der Waals surface area contributed by atoms with Gasteiger partial charge in [-0.2, -0.15) is 5.10 Å². The Hall–Kier alpha value is -3.45. The van der Waals surface area contributed by atoms with Crippen LogP contribution >= 0.6 is 0 Å². The van der Waals surface area contributed by atoms with E-state index in [1.54, 1.807) is 13.1 Å². The summed E-state index contributed by atoms with van der Waals surface area (Å²) < 4.78 is 1.54. The van der Waals surface area contributed by atoms with Crippen LogP contribution in [0.3, 0.4) is 0 Å². The van der Waals surface area contributed by atoms with E-state index in [1.165, 1.54) is 4.57 Å². The number of hydrogen-bond acceptors (Lipinski definition) is 6. The number of nitrogens with zero attached hydrogens (tertiary/aromatic N) is 3. The predicted octanol–water partition coefficient (Wildman–Crippen LogP) is 1.83. The van der Waals surface area contributed by atoms with E-state index in [9.17, 15) is 9.90 Å². The number of hydrazine groups is 1. The van der Waals surface area contributed by atoms with Crippen molar-refractivity contribution in [2.45, 2.75) is 6.04 Å². The highest BCUT2D eigenvalue weighted by Gasteiger charge is 2.43. The van der Waals surface area contributed by atoms with Crippen molar-refractivity contribution in [1.82, 2.24) is 15.4 Å². The monoisotopic (exact) mass is 359 g/mol. The summed E-state index contributed by atoms with van der Waals surface area (Å²) in [4.78, 5) is 13.1. The van der Waals surface area contributed by atoms with Crippen LogP contribution in [0.1, 0.15) is 17.2 Å². The molecule has 2 aromatic carbocycles. The molecule has 2 aliphatic heterocycles. The minimum absolute atomic E-state index is 0.0531. The third kappa shape index (κ3) is 2.22. The molecule has 0 radical (unpaired) electrons. The molecule has 2 atom stereocenters. The minimum Gasteiger partial charge on any atom is -0.506 e. The minimum atomic E-state index is -0.292. The van der Waals surface area contributed by atoms with E-state index in [0.29, 0.717) is 22.5 Å². The second-order valence-corrected chi connectivity index (χ2v) is 6.71. The van der Waals surface area contributed by atoms with Crippen LogP contribution in [0, 0.1) is 5.92 Å². The van der Waals surface area contributed by atoms with Crippen molar-refractivity contribution in [3.05, 3.63) is 76.1 Å². The molecule has 7 nitrogen and oxygen atoms in total. The Morgan fingerprint density at radius 1 is 1.04 bits per heavy atom. The number of aromatic hydroxyl groups is 1. The quantitative estimate of drug-likeness (QED) is 0.651. The summed E-state index contributed by atoms with van der Waals surface area (Å²) in [6.07, 6.45) is 0. The highest BCUT2D eigenvalue weighted by Crippen LogP contribution is 2.35. The highest BCUT2D eigenvalue weighted by atomic mass is 16.3. The number of nitrogens with one attached hydrogen (secondary N) is 2. The van der Waals surface area contributed by atoms with Crippen molar-refractivity contribution in [3.63, 3.8) is 0 Å². The number of pyridine rings is 1. The summed E-state index contributed by atoms with van der Waals surface area (Å²) in [5.41, 5.74) is 8.37. The number of aryl methyl sites for hydroxylation is 1. The van der Waals surface area contributed by atoms with Crippen molar-refractivity contribution in [3.8, 4) is 5.75 Å². The summed E-state index contributed by atoms with van der Waals surface area (Å²) in [6, 6.07) is 17.0. The fourth-order valence-corrected chi connectivity index (χ4v) is 3.87. The third-order valence-electron chi connectivity index (χ3n) is 5.23. The van der Waals surface area contributed by atoms with E-state index in [0.717, 1.165) is 5.56 Å². The Labute approximate surface area is 154 Å². The topological polar surface area (TPSA) is 91.0 Å². The zero-order valence-corrected chi connectivity index (χ0v) is 14.5. The van der Waals surface area contributed by atoms with Crippen LogP contribution in [0.4, 0.5) is 0 Å². The van der Waals surface area contributed by atoms with Gasteiger partial charge in [-0.3, -0.25) is 4.79 Å². The lowest BCUT2D eigenvalue weighted by Crippen LogP contribution is -2.32. The molecule has 1 fully saturated rings. The van der Waals surface area contributed by atoms with Gasteiger partial charge in [0.15, 0.2) is 0 Å². The van der Waals surface area contributed by atoms with Crippen LogP contribution < -0.4 is 16.4 Å². The molecule has 0 spiro atoms. The van der Waals surface area contributed by atoms with Crippen LogP contribution in [0.2, 0.25) is 0 Å². The lowest BCUT2D eigenvalue weighted by molar-refractivity contribution is 0.477. The highest BCUT2D eigenvalue weighted by molar-refractivity contribution is 6.20. The van der Waals surface area contributed by atoms with Crippen molar-refractivity contribution >= 4 is 22.5 Å². The lowest BCUT2D eigenvalue weighted by atomic mass is 9.87. The van der Waals surface area contributed by atoms with Crippen LogP contribution in [-0.4, -0.2) is 21.2 Å². The summed E-state index contributed by atoms with van der Waals surface area (Å²) in [6.45, 7) is 0. The number of aromatic nitrogens is 1. The Balaban J connectivity index is 1.69. The summed E-state index contributed by atoms with van der Waals surface area (Å²) in [7, 11) is 1.70. The largest absolute Gasteiger partial charge is 0.506 e. The van der Waals surface area contributed by atoms with Gasteiger partial charge in [0.1, 0.15) is 17.1 Å². The maximum absolute atomic E-state index is 13.1. The SMILES string of the molecule is Cn1c(=O)c(C2=NN=C3NN[C@@H](c4ccccc4)[C@@H]32)c(O)c2ccccc21. The molecule has 0 amide bonds. The molecule has 0 aliphatic carbocycles. The zero-order valence-electron chi connectivity index (χ0n) is 14.5. The summed E-state index contributed by atoms with van der Waals surface area (Å²) >= 11 is 0. The molecule has 5 rings (SSSR count). The Morgan fingerprint density at radius 2 is 1.78 bits per heavy atom. The average molecular weight is 359 g/mol. The van der Waals surface area contributed by atoms with E-state index < -0.39 is 0 Å². The first-order chi connectivity index (χ1) is 13.2. The van der Waals surface area contributed by atoms with Crippen molar-refractivity contribution in [1.29, 1.82) is 0 Å². The number of hydrogen-bond donors (Lipinski definition) is 3. The maximum Gasteiger partial charge on any atom is 0.263 e. The van der Waals surface area contributed by atoms with Crippen LogP contribution in [0.15, 0.2) is 69.6 Å².